The van der Waals surface area contributed by atoms with Crippen molar-refractivity contribution in [3.05, 3.63) is 10.4 Å². The summed E-state index contributed by atoms with van der Waals surface area (Å²) < 4.78 is 1.22. The van der Waals surface area contributed by atoms with Crippen LogP contribution in [0.3, 0.4) is 0 Å². The highest BCUT2D eigenvalue weighted by Gasteiger charge is 2.46. The van der Waals surface area contributed by atoms with Gasteiger partial charge in [0.15, 0.2) is 12.3 Å². The third kappa shape index (κ3) is 3.11. The molecule has 120 valence electrons. The van der Waals surface area contributed by atoms with Gasteiger partial charge in [0, 0.05) is 31.6 Å². The van der Waals surface area contributed by atoms with E-state index < -0.39 is 0 Å². The fraction of sp³-hybridized carbons (Fsp3) is 0.941. The molecule has 0 aromatic rings. The van der Waals surface area contributed by atoms with E-state index >= 15 is 0 Å². The van der Waals surface area contributed by atoms with Gasteiger partial charge in [-0.05, 0) is 37.5 Å². The molecule has 1 saturated carbocycles. The van der Waals surface area contributed by atoms with Gasteiger partial charge in [-0.25, -0.2) is 4.74 Å². The summed E-state index contributed by atoms with van der Waals surface area (Å²) >= 11 is 0. The van der Waals surface area contributed by atoms with Crippen molar-refractivity contribution in [2.24, 2.45) is 17.8 Å². The van der Waals surface area contributed by atoms with Gasteiger partial charge in [0.2, 0.25) is 0 Å². The second-order valence-corrected chi connectivity index (χ2v) is 7.94. The Bertz CT molecular complexity index is 419. The standard InChI is InChI=1S/C17H30N2O2/c1-13-10-14(12-15-6-3-4-8-18(15)20)16-7-5-9-19(2,21)17(16)11-13/h13-14,16-17H,3-12H2,1-2H3. The van der Waals surface area contributed by atoms with E-state index in [0.717, 1.165) is 44.4 Å². The van der Waals surface area contributed by atoms with Crippen molar-refractivity contribution in [1.82, 2.24) is 0 Å². The lowest BCUT2D eigenvalue weighted by Crippen LogP contribution is -2.58. The monoisotopic (exact) mass is 294 g/mol. The van der Waals surface area contributed by atoms with E-state index in [1.165, 1.54) is 24.0 Å². The van der Waals surface area contributed by atoms with Crippen molar-refractivity contribution in [3.63, 3.8) is 0 Å². The van der Waals surface area contributed by atoms with Crippen LogP contribution in [0.15, 0.2) is 0 Å². The maximum absolute atomic E-state index is 12.8. The molecule has 4 heteroatoms. The van der Waals surface area contributed by atoms with Crippen LogP contribution in [0.5, 0.6) is 0 Å². The summed E-state index contributed by atoms with van der Waals surface area (Å²) in [4.78, 5) is 0. The van der Waals surface area contributed by atoms with Crippen LogP contribution in [0.1, 0.15) is 58.3 Å². The van der Waals surface area contributed by atoms with Crippen LogP contribution in [0.25, 0.3) is 0 Å². The minimum Gasteiger partial charge on any atom is -0.633 e. The summed E-state index contributed by atoms with van der Waals surface area (Å²) in [7, 11) is 1.87. The van der Waals surface area contributed by atoms with E-state index in [4.69, 9.17) is 0 Å². The number of hydrogen-bond donors (Lipinski definition) is 0. The van der Waals surface area contributed by atoms with Crippen LogP contribution in [0.4, 0.5) is 0 Å². The molecule has 21 heavy (non-hydrogen) atoms. The molecule has 0 spiro atoms. The highest BCUT2D eigenvalue weighted by Crippen LogP contribution is 2.45. The summed E-state index contributed by atoms with van der Waals surface area (Å²) in [5.74, 6) is 1.74. The van der Waals surface area contributed by atoms with Gasteiger partial charge in [-0.2, -0.15) is 0 Å². The van der Waals surface area contributed by atoms with Crippen LogP contribution in [0, 0.1) is 28.2 Å². The molecular weight excluding hydrogens is 264 g/mol. The van der Waals surface area contributed by atoms with Crippen molar-refractivity contribution < 1.29 is 9.39 Å². The molecule has 0 N–H and O–H groups in total. The van der Waals surface area contributed by atoms with Gasteiger partial charge in [-0.3, -0.25) is 0 Å². The van der Waals surface area contributed by atoms with E-state index in [9.17, 15) is 10.4 Å². The average Bonchev–Trinajstić information content (AvgIpc) is 2.42. The summed E-state index contributed by atoms with van der Waals surface area (Å²) in [6.45, 7) is 3.75. The molecule has 3 aliphatic rings. The molecule has 3 rings (SSSR count). The maximum atomic E-state index is 12.8. The molecule has 5 atom stereocenters. The van der Waals surface area contributed by atoms with Gasteiger partial charge >= 0.3 is 0 Å². The maximum Gasteiger partial charge on any atom is 0.163 e. The Morgan fingerprint density at radius 1 is 1.24 bits per heavy atom. The molecule has 0 radical (unpaired) electrons. The van der Waals surface area contributed by atoms with Crippen molar-refractivity contribution in [2.75, 3.05) is 20.1 Å². The second kappa shape index (κ2) is 5.88. The van der Waals surface area contributed by atoms with E-state index in [1.807, 2.05) is 7.05 Å². The molecule has 2 fully saturated rings. The summed E-state index contributed by atoms with van der Waals surface area (Å²) in [6, 6.07) is 0.275. The molecular formula is C17H30N2O2. The number of hydrogen-bond acceptors (Lipinski definition) is 2. The number of piperidine rings is 1. The summed E-state index contributed by atoms with van der Waals surface area (Å²) in [6.07, 6.45) is 8.68. The SMILES string of the molecule is CC1CC(CC2=[N+]([O-])CCCC2)C2CCC[N+](C)([O-])C2C1. The number of hydroxylamine groups is 4. The van der Waals surface area contributed by atoms with E-state index in [-0.39, 0.29) is 10.7 Å². The number of nitrogens with zero attached hydrogens (tertiary/aromatic N) is 2. The zero-order chi connectivity index (χ0) is 15.0. The number of rotatable bonds is 2. The topological polar surface area (TPSA) is 49.1 Å². The molecule has 0 aromatic carbocycles. The first kappa shape index (κ1) is 15.3. The summed E-state index contributed by atoms with van der Waals surface area (Å²) in [5, 5.41) is 24.8. The zero-order valence-corrected chi connectivity index (χ0v) is 13.6. The molecule has 2 heterocycles. The molecule has 1 saturated heterocycles. The quantitative estimate of drug-likeness (QED) is 0.446. The minimum atomic E-state index is -0.0398. The lowest BCUT2D eigenvalue weighted by Gasteiger charge is -2.56. The van der Waals surface area contributed by atoms with Gasteiger partial charge in [0.25, 0.3) is 0 Å². The van der Waals surface area contributed by atoms with Crippen LogP contribution in [0.2, 0.25) is 0 Å². The van der Waals surface area contributed by atoms with Gasteiger partial charge < -0.3 is 15.1 Å². The van der Waals surface area contributed by atoms with Gasteiger partial charge in [0.05, 0.1) is 19.6 Å². The van der Waals surface area contributed by atoms with Crippen LogP contribution >= 0.6 is 0 Å². The first-order valence-corrected chi connectivity index (χ1v) is 8.83. The van der Waals surface area contributed by atoms with Gasteiger partial charge in [-0.15, -0.1) is 0 Å². The highest BCUT2D eigenvalue weighted by molar-refractivity contribution is 5.80. The Morgan fingerprint density at radius 3 is 2.81 bits per heavy atom. The van der Waals surface area contributed by atoms with Crippen LogP contribution < -0.4 is 0 Å². The van der Waals surface area contributed by atoms with E-state index in [1.54, 1.807) is 0 Å². The Morgan fingerprint density at radius 2 is 2.05 bits per heavy atom. The van der Waals surface area contributed by atoms with E-state index in [0.29, 0.717) is 24.3 Å². The molecule has 5 unspecified atom stereocenters. The smallest absolute Gasteiger partial charge is 0.163 e. The Kier molecular flexibility index (Phi) is 4.28. The first-order chi connectivity index (χ1) is 9.97. The van der Waals surface area contributed by atoms with Crippen molar-refractivity contribution in [1.29, 1.82) is 0 Å². The normalized spacial score (nSPS) is 44.5. The molecule has 0 amide bonds. The molecule has 2 aliphatic heterocycles. The number of quaternary nitrogens is 1. The van der Waals surface area contributed by atoms with Crippen molar-refractivity contribution in [3.8, 4) is 0 Å². The first-order valence-electron chi connectivity index (χ1n) is 8.83. The lowest BCUT2D eigenvalue weighted by atomic mass is 9.66. The lowest BCUT2D eigenvalue weighted by molar-refractivity contribution is -0.898. The third-order valence-corrected chi connectivity index (χ3v) is 6.22. The Hall–Kier alpha value is -0.610. The molecule has 0 aromatic heterocycles. The average molecular weight is 294 g/mol. The fourth-order valence-electron chi connectivity index (χ4n) is 5.16. The van der Waals surface area contributed by atoms with Crippen molar-refractivity contribution in [2.45, 2.75) is 64.3 Å². The Balaban J connectivity index is 1.77. The number of fused-ring (bicyclic) bond motifs is 1. The van der Waals surface area contributed by atoms with Crippen LogP contribution in [-0.2, 0) is 0 Å². The van der Waals surface area contributed by atoms with Crippen LogP contribution in [-0.4, -0.2) is 41.3 Å². The molecule has 0 bridgehead atoms. The minimum absolute atomic E-state index is 0.0398. The number of likely N-dealkylation sites (tertiary alicyclic amines) is 1. The summed E-state index contributed by atoms with van der Waals surface area (Å²) in [5.41, 5.74) is 1.12. The second-order valence-electron chi connectivity index (χ2n) is 7.94. The predicted octanol–water partition coefficient (Wildman–Crippen LogP) is 3.28. The van der Waals surface area contributed by atoms with Gasteiger partial charge in [0.1, 0.15) is 0 Å². The predicted molar refractivity (Wildman–Crippen MR) is 84.8 cm³/mol. The molecule has 4 nitrogen and oxygen atoms in total. The highest BCUT2D eigenvalue weighted by atomic mass is 16.5. The molecule has 1 aliphatic carbocycles. The van der Waals surface area contributed by atoms with Crippen molar-refractivity contribution >= 4 is 5.71 Å². The third-order valence-electron chi connectivity index (χ3n) is 6.22. The fourth-order valence-corrected chi connectivity index (χ4v) is 5.16. The zero-order valence-electron chi connectivity index (χ0n) is 13.6. The Labute approximate surface area is 128 Å². The van der Waals surface area contributed by atoms with Gasteiger partial charge in [-0.1, -0.05) is 6.92 Å². The largest absolute Gasteiger partial charge is 0.633 e. The van der Waals surface area contributed by atoms with E-state index in [2.05, 4.69) is 6.92 Å².